The highest BCUT2D eigenvalue weighted by Gasteiger charge is 2.21. The maximum atomic E-state index is 4.51. The number of hydrogen-bond acceptors (Lipinski definition) is 3. The lowest BCUT2D eigenvalue weighted by Crippen LogP contribution is -2.06. The molecule has 1 aliphatic rings. The molecule has 3 heteroatoms. The Morgan fingerprint density at radius 1 is 1.20 bits per heavy atom. The van der Waals surface area contributed by atoms with Crippen LogP contribution in [-0.4, -0.2) is 4.98 Å². The van der Waals surface area contributed by atoms with E-state index in [1.165, 1.54) is 34.4 Å². The molecular formula is C17H16N2S. The topological polar surface area (TPSA) is 24.9 Å². The Bertz CT molecular complexity index is 776. The molecule has 1 unspecified atom stereocenters. The number of hydrogen-bond donors (Lipinski definition) is 1. The summed E-state index contributed by atoms with van der Waals surface area (Å²) in [5.41, 5.74) is 5.24. The van der Waals surface area contributed by atoms with Crippen LogP contribution in [0.1, 0.15) is 28.6 Å². The van der Waals surface area contributed by atoms with Gasteiger partial charge in [-0.3, -0.25) is 0 Å². The third-order valence-electron chi connectivity index (χ3n) is 3.97. The molecular weight excluding hydrogens is 264 g/mol. The Hall–Kier alpha value is -1.87. The van der Waals surface area contributed by atoms with E-state index in [9.17, 15) is 0 Å². The van der Waals surface area contributed by atoms with E-state index < -0.39 is 0 Å². The van der Waals surface area contributed by atoms with Gasteiger partial charge in [0, 0.05) is 5.69 Å². The van der Waals surface area contributed by atoms with Crippen molar-refractivity contribution in [2.24, 2.45) is 0 Å². The van der Waals surface area contributed by atoms with Gasteiger partial charge in [0.2, 0.25) is 0 Å². The summed E-state index contributed by atoms with van der Waals surface area (Å²) in [6, 6.07) is 15.7. The van der Waals surface area contributed by atoms with E-state index in [-0.39, 0.29) is 0 Å². The molecule has 1 aromatic heterocycles. The summed E-state index contributed by atoms with van der Waals surface area (Å²) in [6.45, 7) is 2.06. The fraction of sp³-hybridized carbons (Fsp3) is 0.235. The van der Waals surface area contributed by atoms with Gasteiger partial charge >= 0.3 is 0 Å². The average molecular weight is 280 g/mol. The fourth-order valence-corrected chi connectivity index (χ4v) is 3.90. The highest BCUT2D eigenvalue weighted by Crippen LogP contribution is 2.34. The van der Waals surface area contributed by atoms with Gasteiger partial charge in [-0.15, -0.1) is 11.3 Å². The molecule has 4 rings (SSSR count). The molecule has 1 N–H and O–H groups in total. The molecule has 3 aromatic rings. The quantitative estimate of drug-likeness (QED) is 0.735. The maximum Gasteiger partial charge on any atom is 0.0907 e. The summed E-state index contributed by atoms with van der Waals surface area (Å²) >= 11 is 1.76. The van der Waals surface area contributed by atoms with Crippen LogP contribution in [0.15, 0.2) is 42.5 Å². The van der Waals surface area contributed by atoms with E-state index in [1.807, 2.05) is 0 Å². The molecule has 0 fully saturated rings. The minimum Gasteiger partial charge on any atom is -0.378 e. The lowest BCUT2D eigenvalue weighted by atomic mass is 10.1. The zero-order valence-corrected chi connectivity index (χ0v) is 12.2. The Morgan fingerprint density at radius 3 is 3.05 bits per heavy atom. The third kappa shape index (κ3) is 1.98. The van der Waals surface area contributed by atoms with E-state index in [2.05, 4.69) is 59.7 Å². The second-order valence-corrected chi connectivity index (χ2v) is 6.58. The molecule has 20 heavy (non-hydrogen) atoms. The van der Waals surface area contributed by atoms with Crippen LogP contribution in [0.4, 0.5) is 5.69 Å². The van der Waals surface area contributed by atoms with Crippen molar-refractivity contribution in [1.29, 1.82) is 0 Å². The van der Waals surface area contributed by atoms with Crippen molar-refractivity contribution in [2.45, 2.75) is 25.8 Å². The Kier molecular flexibility index (Phi) is 2.74. The minimum atomic E-state index is 0.442. The van der Waals surface area contributed by atoms with Crippen molar-refractivity contribution in [1.82, 2.24) is 4.98 Å². The first-order chi connectivity index (χ1) is 9.79. The van der Waals surface area contributed by atoms with Crippen molar-refractivity contribution in [3.63, 3.8) is 0 Å². The highest BCUT2D eigenvalue weighted by molar-refractivity contribution is 7.18. The van der Waals surface area contributed by atoms with Crippen LogP contribution in [0.5, 0.6) is 0 Å². The first kappa shape index (κ1) is 11.9. The van der Waals surface area contributed by atoms with Crippen LogP contribution in [0, 0.1) is 6.92 Å². The van der Waals surface area contributed by atoms with Gasteiger partial charge < -0.3 is 5.32 Å². The van der Waals surface area contributed by atoms with E-state index in [0.717, 1.165) is 10.5 Å². The summed E-state index contributed by atoms with van der Waals surface area (Å²) in [5, 5.41) is 4.81. The van der Waals surface area contributed by atoms with Crippen LogP contribution in [-0.2, 0) is 6.42 Å². The zero-order valence-electron chi connectivity index (χ0n) is 11.4. The number of rotatable bonds is 2. The molecule has 1 aliphatic carbocycles. The number of anilines is 1. The van der Waals surface area contributed by atoms with Gasteiger partial charge in [0.15, 0.2) is 0 Å². The number of thiazole rings is 1. The average Bonchev–Trinajstić information content (AvgIpc) is 3.02. The smallest absolute Gasteiger partial charge is 0.0907 e. The molecule has 0 radical (unpaired) electrons. The first-order valence-electron chi connectivity index (χ1n) is 7.01. The van der Waals surface area contributed by atoms with Crippen molar-refractivity contribution in [3.05, 3.63) is 58.6 Å². The molecule has 0 aliphatic heterocycles. The molecule has 0 saturated heterocycles. The van der Waals surface area contributed by atoms with Crippen LogP contribution in [0.2, 0.25) is 0 Å². The lowest BCUT2D eigenvalue weighted by molar-refractivity contribution is 0.762. The predicted molar refractivity (Wildman–Crippen MR) is 85.5 cm³/mol. The maximum absolute atomic E-state index is 4.51. The molecule has 0 saturated carbocycles. The number of nitrogens with one attached hydrogen (secondary N) is 1. The number of benzene rings is 2. The summed E-state index contributed by atoms with van der Waals surface area (Å²) in [5.74, 6) is 0. The van der Waals surface area contributed by atoms with Gasteiger partial charge in [-0.25, -0.2) is 4.98 Å². The van der Waals surface area contributed by atoms with Crippen LogP contribution < -0.4 is 5.32 Å². The lowest BCUT2D eigenvalue weighted by Gasteiger charge is -2.15. The van der Waals surface area contributed by atoms with Gasteiger partial charge in [-0.1, -0.05) is 24.3 Å². The number of fused-ring (bicyclic) bond motifs is 2. The summed E-state index contributed by atoms with van der Waals surface area (Å²) < 4.78 is 1.26. The van der Waals surface area contributed by atoms with E-state index in [4.69, 9.17) is 0 Å². The SMILES string of the molecule is Cc1nc2ccc(NC3CCc4ccccc43)cc2s1. The molecule has 2 aromatic carbocycles. The molecule has 2 nitrogen and oxygen atoms in total. The molecule has 0 spiro atoms. The van der Waals surface area contributed by atoms with E-state index in [0.29, 0.717) is 6.04 Å². The Balaban J connectivity index is 1.65. The summed E-state index contributed by atoms with van der Waals surface area (Å²) in [4.78, 5) is 4.51. The van der Waals surface area contributed by atoms with E-state index >= 15 is 0 Å². The van der Waals surface area contributed by atoms with Crippen LogP contribution >= 0.6 is 11.3 Å². The first-order valence-corrected chi connectivity index (χ1v) is 7.83. The molecule has 0 bridgehead atoms. The van der Waals surface area contributed by atoms with Gasteiger partial charge in [0.05, 0.1) is 21.3 Å². The molecule has 1 heterocycles. The second-order valence-electron chi connectivity index (χ2n) is 5.35. The van der Waals surface area contributed by atoms with Gasteiger partial charge in [0.1, 0.15) is 0 Å². The number of aromatic nitrogens is 1. The summed E-state index contributed by atoms with van der Waals surface area (Å²) in [7, 11) is 0. The highest BCUT2D eigenvalue weighted by atomic mass is 32.1. The predicted octanol–water partition coefficient (Wildman–Crippen LogP) is 4.70. The van der Waals surface area contributed by atoms with Crippen molar-refractivity contribution in [2.75, 3.05) is 5.32 Å². The number of nitrogens with zero attached hydrogens (tertiary/aromatic N) is 1. The van der Waals surface area contributed by atoms with Gasteiger partial charge in [0.25, 0.3) is 0 Å². The van der Waals surface area contributed by atoms with Crippen molar-refractivity contribution in [3.8, 4) is 0 Å². The minimum absolute atomic E-state index is 0.442. The van der Waals surface area contributed by atoms with Gasteiger partial charge in [-0.05, 0) is 49.1 Å². The molecule has 1 atom stereocenters. The monoisotopic (exact) mass is 280 g/mol. The van der Waals surface area contributed by atoms with Crippen LogP contribution in [0.25, 0.3) is 10.2 Å². The van der Waals surface area contributed by atoms with Crippen molar-refractivity contribution >= 4 is 27.2 Å². The third-order valence-corrected chi connectivity index (χ3v) is 4.90. The fourth-order valence-electron chi connectivity index (χ4n) is 3.04. The van der Waals surface area contributed by atoms with Gasteiger partial charge in [-0.2, -0.15) is 0 Å². The van der Waals surface area contributed by atoms with Crippen LogP contribution in [0.3, 0.4) is 0 Å². The Labute approximate surface area is 122 Å². The number of aryl methyl sites for hydroxylation is 2. The summed E-state index contributed by atoms with van der Waals surface area (Å²) in [6.07, 6.45) is 2.36. The zero-order chi connectivity index (χ0) is 13.5. The van der Waals surface area contributed by atoms with Crippen molar-refractivity contribution < 1.29 is 0 Å². The standard InChI is InChI=1S/C17H16N2S/c1-11-18-16-9-7-13(10-17(16)20-11)19-15-8-6-12-4-2-3-5-14(12)15/h2-5,7,9-10,15,19H,6,8H2,1H3. The molecule has 0 amide bonds. The Morgan fingerprint density at radius 2 is 2.10 bits per heavy atom. The second kappa shape index (κ2) is 4.60. The van der Waals surface area contributed by atoms with E-state index in [1.54, 1.807) is 11.3 Å². The molecule has 100 valence electrons. The largest absolute Gasteiger partial charge is 0.378 e. The normalized spacial score (nSPS) is 17.4.